The first-order valence-electron chi connectivity index (χ1n) is 7.85. The fourth-order valence-corrected chi connectivity index (χ4v) is 5.94. The zero-order valence-electron chi connectivity index (χ0n) is 13.0. The highest BCUT2D eigenvalue weighted by Gasteiger charge is 2.30. The van der Waals surface area contributed by atoms with E-state index < -0.39 is 7.14 Å². The van der Waals surface area contributed by atoms with Crippen molar-refractivity contribution in [2.24, 2.45) is 0 Å². The van der Waals surface area contributed by atoms with Crippen LogP contribution in [0.1, 0.15) is 0 Å². The lowest BCUT2D eigenvalue weighted by atomic mass is 10.2. The van der Waals surface area contributed by atoms with Gasteiger partial charge in [0, 0.05) is 33.7 Å². The minimum absolute atomic E-state index is 0.838. The molecule has 0 aliphatic rings. The average Bonchev–Trinajstić information content (AvgIpc) is 2.68. The fourth-order valence-electron chi connectivity index (χ4n) is 3.07. The molecule has 0 N–H and O–H groups in total. The highest BCUT2D eigenvalue weighted by atomic mass is 31.2. The van der Waals surface area contributed by atoms with E-state index >= 15 is 0 Å². The van der Waals surface area contributed by atoms with Crippen LogP contribution in [0.25, 0.3) is 10.8 Å². The molecular formula is C21H16NOP. The van der Waals surface area contributed by atoms with E-state index in [2.05, 4.69) is 4.98 Å². The van der Waals surface area contributed by atoms with E-state index in [1.165, 1.54) is 0 Å². The number of pyridine rings is 1. The normalized spacial score (nSPS) is 11.5. The molecular weight excluding hydrogens is 313 g/mol. The van der Waals surface area contributed by atoms with Gasteiger partial charge in [-0.3, -0.25) is 4.98 Å². The summed E-state index contributed by atoms with van der Waals surface area (Å²) in [6.45, 7) is 0. The second-order valence-corrected chi connectivity index (χ2v) is 8.39. The Morgan fingerprint density at radius 1 is 0.667 bits per heavy atom. The Morgan fingerprint density at radius 3 is 1.92 bits per heavy atom. The second-order valence-electron chi connectivity index (χ2n) is 5.65. The number of aromatic nitrogens is 1. The Kier molecular flexibility index (Phi) is 3.76. The molecule has 4 aromatic rings. The largest absolute Gasteiger partial charge is 0.309 e. The third kappa shape index (κ3) is 2.36. The Balaban J connectivity index is 2.09. The Morgan fingerprint density at radius 2 is 1.29 bits per heavy atom. The minimum Gasteiger partial charge on any atom is -0.309 e. The van der Waals surface area contributed by atoms with Crippen LogP contribution in [0, 0.1) is 0 Å². The van der Waals surface area contributed by atoms with Gasteiger partial charge in [-0.15, -0.1) is 0 Å². The minimum atomic E-state index is -2.96. The number of rotatable bonds is 3. The number of hydrogen-bond acceptors (Lipinski definition) is 2. The van der Waals surface area contributed by atoms with Gasteiger partial charge < -0.3 is 4.57 Å². The topological polar surface area (TPSA) is 30.0 Å². The maximum absolute atomic E-state index is 14.4. The van der Waals surface area contributed by atoms with Gasteiger partial charge in [-0.1, -0.05) is 78.9 Å². The zero-order valence-corrected chi connectivity index (χ0v) is 13.9. The second kappa shape index (κ2) is 6.07. The molecule has 1 aromatic heterocycles. The molecule has 4 rings (SSSR count). The van der Waals surface area contributed by atoms with Crippen LogP contribution in [0.15, 0.2) is 97.3 Å². The van der Waals surface area contributed by atoms with E-state index in [1.54, 1.807) is 6.20 Å². The van der Waals surface area contributed by atoms with Crippen molar-refractivity contribution in [3.63, 3.8) is 0 Å². The first-order valence-corrected chi connectivity index (χ1v) is 9.55. The van der Waals surface area contributed by atoms with Gasteiger partial charge in [0.25, 0.3) is 0 Å². The Bertz CT molecular complexity index is 980. The van der Waals surface area contributed by atoms with E-state index in [-0.39, 0.29) is 0 Å². The maximum atomic E-state index is 14.4. The van der Waals surface area contributed by atoms with Crippen LogP contribution in [0.3, 0.4) is 0 Å². The van der Waals surface area contributed by atoms with Crippen LogP contribution in [0.2, 0.25) is 0 Å². The molecule has 116 valence electrons. The molecule has 0 unspecified atom stereocenters. The van der Waals surface area contributed by atoms with Gasteiger partial charge in [-0.2, -0.15) is 0 Å². The highest BCUT2D eigenvalue weighted by molar-refractivity contribution is 7.85. The van der Waals surface area contributed by atoms with Crippen molar-refractivity contribution in [2.45, 2.75) is 0 Å². The fraction of sp³-hybridized carbons (Fsp3) is 0. The van der Waals surface area contributed by atoms with Crippen LogP contribution in [0.5, 0.6) is 0 Å². The van der Waals surface area contributed by atoms with E-state index in [0.717, 1.165) is 26.7 Å². The summed E-state index contributed by atoms with van der Waals surface area (Å²) in [4.78, 5) is 4.25. The van der Waals surface area contributed by atoms with Crippen molar-refractivity contribution in [1.29, 1.82) is 0 Å². The van der Waals surface area contributed by atoms with E-state index in [0.29, 0.717) is 0 Å². The predicted octanol–water partition coefficient (Wildman–Crippen LogP) is 3.87. The average molecular weight is 329 g/mol. The van der Waals surface area contributed by atoms with Crippen LogP contribution in [0.4, 0.5) is 0 Å². The number of benzene rings is 3. The lowest BCUT2D eigenvalue weighted by molar-refractivity contribution is 0.592. The third-order valence-corrected chi connectivity index (χ3v) is 7.36. The van der Waals surface area contributed by atoms with E-state index in [4.69, 9.17) is 0 Å². The van der Waals surface area contributed by atoms with Crippen LogP contribution in [-0.4, -0.2) is 4.98 Å². The molecule has 0 radical (unpaired) electrons. The van der Waals surface area contributed by atoms with Gasteiger partial charge in [0.1, 0.15) is 0 Å². The lowest BCUT2D eigenvalue weighted by Gasteiger charge is -2.21. The van der Waals surface area contributed by atoms with Crippen molar-refractivity contribution in [3.8, 4) is 0 Å². The SMILES string of the molecule is O=P(c1ccccc1)(c1ccccc1)c1cccc2ccncc12. The molecule has 1 heterocycles. The molecule has 0 saturated carbocycles. The molecule has 2 nitrogen and oxygen atoms in total. The van der Waals surface area contributed by atoms with E-state index in [9.17, 15) is 4.57 Å². The van der Waals surface area contributed by atoms with E-state index in [1.807, 2.05) is 91.1 Å². The smallest absolute Gasteiger partial charge is 0.171 e. The summed E-state index contributed by atoms with van der Waals surface area (Å²) >= 11 is 0. The summed E-state index contributed by atoms with van der Waals surface area (Å²) in [6, 6.07) is 27.4. The summed E-state index contributed by atoms with van der Waals surface area (Å²) in [5.41, 5.74) is 0. The van der Waals surface area contributed by atoms with Crippen molar-refractivity contribution < 1.29 is 4.57 Å². The molecule has 0 saturated heterocycles. The molecule has 3 heteroatoms. The summed E-state index contributed by atoms with van der Waals surface area (Å²) in [7, 11) is -2.96. The third-order valence-electron chi connectivity index (χ3n) is 4.24. The van der Waals surface area contributed by atoms with Crippen LogP contribution < -0.4 is 15.9 Å². The molecule has 0 fully saturated rings. The van der Waals surface area contributed by atoms with Crippen molar-refractivity contribution >= 4 is 33.8 Å². The summed E-state index contributed by atoms with van der Waals surface area (Å²) in [5.74, 6) is 0. The molecule has 0 bridgehead atoms. The van der Waals surface area contributed by atoms with Crippen molar-refractivity contribution in [1.82, 2.24) is 4.98 Å². The standard InChI is InChI=1S/C21H16NOP/c23-24(18-9-3-1-4-10-18,19-11-5-2-6-12-19)21-13-7-8-17-14-15-22-16-20(17)21/h1-16H. The van der Waals surface area contributed by atoms with Gasteiger partial charge in [0.05, 0.1) is 0 Å². The summed E-state index contributed by atoms with van der Waals surface area (Å²) in [6.07, 6.45) is 3.57. The molecule has 0 spiro atoms. The zero-order chi connectivity index (χ0) is 16.4. The maximum Gasteiger partial charge on any atom is 0.171 e. The first kappa shape index (κ1) is 14.9. The van der Waals surface area contributed by atoms with Gasteiger partial charge in [-0.05, 0) is 11.5 Å². The Labute approximate surface area is 141 Å². The quantitative estimate of drug-likeness (QED) is 0.534. The Hall–Kier alpha value is -2.70. The van der Waals surface area contributed by atoms with Gasteiger partial charge in [0.15, 0.2) is 7.14 Å². The summed E-state index contributed by atoms with van der Waals surface area (Å²) in [5, 5.41) is 4.51. The van der Waals surface area contributed by atoms with Crippen molar-refractivity contribution in [3.05, 3.63) is 97.3 Å². The number of nitrogens with zero attached hydrogens (tertiary/aromatic N) is 1. The lowest BCUT2D eigenvalue weighted by Crippen LogP contribution is -2.25. The van der Waals surface area contributed by atoms with Gasteiger partial charge in [0.2, 0.25) is 0 Å². The number of hydrogen-bond donors (Lipinski definition) is 0. The van der Waals surface area contributed by atoms with Gasteiger partial charge >= 0.3 is 0 Å². The molecule has 3 aromatic carbocycles. The van der Waals surface area contributed by atoms with Crippen molar-refractivity contribution in [2.75, 3.05) is 0 Å². The first-order chi connectivity index (χ1) is 11.8. The molecule has 0 aliphatic carbocycles. The number of fused-ring (bicyclic) bond motifs is 1. The summed E-state index contributed by atoms with van der Waals surface area (Å²) < 4.78 is 14.4. The molecule has 0 aliphatic heterocycles. The van der Waals surface area contributed by atoms with Crippen LogP contribution >= 0.6 is 7.14 Å². The monoisotopic (exact) mass is 329 g/mol. The molecule has 0 atom stereocenters. The highest BCUT2D eigenvalue weighted by Crippen LogP contribution is 2.43. The molecule has 24 heavy (non-hydrogen) atoms. The van der Waals surface area contributed by atoms with Crippen LogP contribution in [-0.2, 0) is 4.57 Å². The predicted molar refractivity (Wildman–Crippen MR) is 101 cm³/mol. The van der Waals surface area contributed by atoms with Gasteiger partial charge in [-0.25, -0.2) is 0 Å². The molecule has 0 amide bonds.